The van der Waals surface area contributed by atoms with Crippen LogP contribution in [-0.2, 0) is 6.54 Å². The largest absolute Gasteiger partial charge is 0.490 e. The Kier molecular flexibility index (Phi) is 10.9. The van der Waals surface area contributed by atoms with E-state index in [4.69, 9.17) is 21.1 Å². The molecule has 1 N–H and O–H groups in total. The molecule has 23 heavy (non-hydrogen) atoms. The van der Waals surface area contributed by atoms with Gasteiger partial charge in [0.05, 0.1) is 13.2 Å². The van der Waals surface area contributed by atoms with Crippen molar-refractivity contribution in [1.82, 2.24) is 5.32 Å². The quantitative estimate of drug-likeness (QED) is 0.474. The van der Waals surface area contributed by atoms with Crippen LogP contribution in [0.25, 0.3) is 0 Å². The molecule has 0 unspecified atom stereocenters. The average molecular weight is 342 g/mol. The third kappa shape index (κ3) is 7.94. The van der Waals surface area contributed by atoms with Crippen molar-refractivity contribution in [1.29, 1.82) is 0 Å². The predicted octanol–water partition coefficient (Wildman–Crippen LogP) is 5.59. The molecule has 0 spiro atoms. The molecule has 1 aromatic rings. The van der Waals surface area contributed by atoms with Crippen LogP contribution in [-0.4, -0.2) is 19.8 Å². The first-order valence-electron chi connectivity index (χ1n) is 9.01. The van der Waals surface area contributed by atoms with E-state index in [9.17, 15) is 0 Å². The number of rotatable bonds is 13. The van der Waals surface area contributed by atoms with Gasteiger partial charge in [0.25, 0.3) is 0 Å². The summed E-state index contributed by atoms with van der Waals surface area (Å²) >= 11 is 6.36. The summed E-state index contributed by atoms with van der Waals surface area (Å²) < 4.78 is 11.2. The second kappa shape index (κ2) is 12.5. The molecule has 4 heteroatoms. The van der Waals surface area contributed by atoms with Crippen LogP contribution in [0.4, 0.5) is 0 Å². The lowest BCUT2D eigenvalue weighted by Gasteiger charge is -2.14. The number of hydrogen-bond donors (Lipinski definition) is 1. The number of ether oxygens (including phenoxy) is 2. The Hall–Kier alpha value is -0.930. The standard InChI is InChI=1S/C19H32ClNO2/c1-4-7-8-9-10-11-12-21-15-16-13-18(22-5-2)19(23-6-3)14-17(16)20/h13-14,21H,4-12,15H2,1-3H3. The molecule has 132 valence electrons. The molecule has 0 aromatic heterocycles. The van der Waals surface area contributed by atoms with Crippen molar-refractivity contribution in [3.63, 3.8) is 0 Å². The van der Waals surface area contributed by atoms with E-state index in [-0.39, 0.29) is 0 Å². The lowest BCUT2D eigenvalue weighted by Crippen LogP contribution is -2.15. The predicted molar refractivity (Wildman–Crippen MR) is 98.9 cm³/mol. The van der Waals surface area contributed by atoms with Crippen molar-refractivity contribution in [2.45, 2.75) is 65.8 Å². The van der Waals surface area contributed by atoms with Crippen LogP contribution < -0.4 is 14.8 Å². The van der Waals surface area contributed by atoms with Gasteiger partial charge in [-0.15, -0.1) is 0 Å². The molecule has 0 aliphatic heterocycles. The first kappa shape index (κ1) is 20.1. The van der Waals surface area contributed by atoms with Gasteiger partial charge in [0.15, 0.2) is 11.5 Å². The smallest absolute Gasteiger partial charge is 0.162 e. The monoisotopic (exact) mass is 341 g/mol. The molecule has 0 bridgehead atoms. The minimum Gasteiger partial charge on any atom is -0.490 e. The molecule has 0 radical (unpaired) electrons. The number of halogens is 1. The van der Waals surface area contributed by atoms with Crippen LogP contribution in [0, 0.1) is 0 Å². The maximum atomic E-state index is 6.36. The highest BCUT2D eigenvalue weighted by atomic mass is 35.5. The minimum atomic E-state index is 0.603. The summed E-state index contributed by atoms with van der Waals surface area (Å²) in [6.45, 7) is 9.19. The van der Waals surface area contributed by atoms with Crippen LogP contribution >= 0.6 is 11.6 Å². The Balaban J connectivity index is 2.42. The second-order valence-electron chi connectivity index (χ2n) is 5.70. The molecule has 1 rings (SSSR count). The van der Waals surface area contributed by atoms with Gasteiger partial charge in [0.1, 0.15) is 0 Å². The summed E-state index contributed by atoms with van der Waals surface area (Å²) in [5.74, 6) is 1.49. The van der Waals surface area contributed by atoms with Crippen molar-refractivity contribution in [2.24, 2.45) is 0 Å². The van der Waals surface area contributed by atoms with Crippen LogP contribution in [0.5, 0.6) is 11.5 Å². The number of unbranched alkanes of at least 4 members (excludes halogenated alkanes) is 5. The van der Waals surface area contributed by atoms with Crippen molar-refractivity contribution in [2.75, 3.05) is 19.8 Å². The van der Waals surface area contributed by atoms with Gasteiger partial charge in [0.2, 0.25) is 0 Å². The zero-order valence-electron chi connectivity index (χ0n) is 14.9. The molecule has 0 saturated carbocycles. The Bertz CT molecular complexity index is 438. The third-order valence-corrected chi connectivity index (χ3v) is 4.09. The third-order valence-electron chi connectivity index (χ3n) is 3.73. The lowest BCUT2D eigenvalue weighted by molar-refractivity contribution is 0.287. The first-order valence-corrected chi connectivity index (χ1v) is 9.39. The van der Waals surface area contributed by atoms with E-state index in [0.717, 1.165) is 35.2 Å². The van der Waals surface area contributed by atoms with Gasteiger partial charge < -0.3 is 14.8 Å². The van der Waals surface area contributed by atoms with Crippen molar-refractivity contribution < 1.29 is 9.47 Å². The maximum absolute atomic E-state index is 6.36. The van der Waals surface area contributed by atoms with Gasteiger partial charge in [0, 0.05) is 17.6 Å². The van der Waals surface area contributed by atoms with Crippen molar-refractivity contribution in [3.8, 4) is 11.5 Å². The SMILES string of the molecule is CCCCCCCCNCc1cc(OCC)c(OCC)cc1Cl. The molecule has 1 aromatic carbocycles. The molecular formula is C19H32ClNO2. The molecule has 0 atom stereocenters. The van der Waals surface area contributed by atoms with E-state index in [2.05, 4.69) is 12.2 Å². The fourth-order valence-electron chi connectivity index (χ4n) is 2.50. The van der Waals surface area contributed by atoms with Gasteiger partial charge in [-0.25, -0.2) is 0 Å². The first-order chi connectivity index (χ1) is 11.2. The highest BCUT2D eigenvalue weighted by Gasteiger charge is 2.10. The second-order valence-corrected chi connectivity index (χ2v) is 6.11. The minimum absolute atomic E-state index is 0.603. The summed E-state index contributed by atoms with van der Waals surface area (Å²) in [5.41, 5.74) is 1.06. The normalized spacial score (nSPS) is 10.8. The van der Waals surface area contributed by atoms with E-state index in [0.29, 0.717) is 13.2 Å². The molecule has 0 saturated heterocycles. The van der Waals surface area contributed by atoms with Gasteiger partial charge in [-0.1, -0.05) is 50.6 Å². The summed E-state index contributed by atoms with van der Waals surface area (Å²) in [7, 11) is 0. The Morgan fingerprint density at radius 3 is 2.13 bits per heavy atom. The zero-order chi connectivity index (χ0) is 16.9. The van der Waals surface area contributed by atoms with Gasteiger partial charge >= 0.3 is 0 Å². The number of nitrogens with one attached hydrogen (secondary N) is 1. The van der Waals surface area contributed by atoms with Crippen LogP contribution in [0.15, 0.2) is 12.1 Å². The summed E-state index contributed by atoms with van der Waals surface area (Å²) in [5, 5.41) is 4.20. The highest BCUT2D eigenvalue weighted by Crippen LogP contribution is 2.33. The molecular weight excluding hydrogens is 310 g/mol. The molecule has 0 heterocycles. The number of benzene rings is 1. The van der Waals surface area contributed by atoms with Gasteiger partial charge in [-0.3, -0.25) is 0 Å². The van der Waals surface area contributed by atoms with E-state index < -0.39 is 0 Å². The van der Waals surface area contributed by atoms with Crippen LogP contribution in [0.1, 0.15) is 64.9 Å². The summed E-state index contributed by atoms with van der Waals surface area (Å²) in [4.78, 5) is 0. The summed E-state index contributed by atoms with van der Waals surface area (Å²) in [6, 6.07) is 3.85. The fourth-order valence-corrected chi connectivity index (χ4v) is 2.72. The van der Waals surface area contributed by atoms with Gasteiger partial charge in [-0.05, 0) is 38.4 Å². The zero-order valence-corrected chi connectivity index (χ0v) is 15.7. The van der Waals surface area contributed by atoms with Crippen LogP contribution in [0.3, 0.4) is 0 Å². The van der Waals surface area contributed by atoms with Crippen molar-refractivity contribution in [3.05, 3.63) is 22.7 Å². The fraction of sp³-hybridized carbons (Fsp3) is 0.684. The number of hydrogen-bond acceptors (Lipinski definition) is 3. The molecule has 0 aliphatic carbocycles. The summed E-state index contributed by atoms with van der Waals surface area (Å²) in [6.07, 6.45) is 7.88. The van der Waals surface area contributed by atoms with E-state index in [1.54, 1.807) is 0 Å². The van der Waals surface area contributed by atoms with E-state index in [1.807, 2.05) is 26.0 Å². The maximum Gasteiger partial charge on any atom is 0.162 e. The lowest BCUT2D eigenvalue weighted by atomic mass is 10.1. The molecule has 0 aliphatic rings. The molecule has 3 nitrogen and oxygen atoms in total. The Morgan fingerprint density at radius 1 is 0.870 bits per heavy atom. The highest BCUT2D eigenvalue weighted by molar-refractivity contribution is 6.31. The van der Waals surface area contributed by atoms with E-state index >= 15 is 0 Å². The Morgan fingerprint density at radius 2 is 1.48 bits per heavy atom. The van der Waals surface area contributed by atoms with E-state index in [1.165, 1.54) is 38.5 Å². The molecule has 0 fully saturated rings. The average Bonchev–Trinajstić information content (AvgIpc) is 2.54. The van der Waals surface area contributed by atoms with Gasteiger partial charge in [-0.2, -0.15) is 0 Å². The molecule has 0 amide bonds. The topological polar surface area (TPSA) is 30.5 Å². The van der Waals surface area contributed by atoms with Crippen molar-refractivity contribution >= 4 is 11.6 Å². The Labute approximate surface area is 146 Å². The van der Waals surface area contributed by atoms with Crippen LogP contribution in [0.2, 0.25) is 5.02 Å².